The van der Waals surface area contributed by atoms with Crippen molar-refractivity contribution in [2.75, 3.05) is 11.5 Å². The van der Waals surface area contributed by atoms with Gasteiger partial charge in [0.1, 0.15) is 0 Å². The lowest BCUT2D eigenvalue weighted by molar-refractivity contribution is -0.198. The van der Waals surface area contributed by atoms with Crippen LogP contribution in [0.5, 0.6) is 0 Å². The lowest BCUT2D eigenvalue weighted by Crippen LogP contribution is -2.27. The molecule has 0 aromatic rings. The van der Waals surface area contributed by atoms with Gasteiger partial charge in [-0.25, -0.2) is 4.79 Å². The summed E-state index contributed by atoms with van der Waals surface area (Å²) in [5, 5.41) is 0. The van der Waals surface area contributed by atoms with Gasteiger partial charge in [-0.15, -0.1) is 23.5 Å². The summed E-state index contributed by atoms with van der Waals surface area (Å²) in [5.41, 5.74) is 0. The van der Waals surface area contributed by atoms with Crippen LogP contribution in [0.1, 0.15) is 0 Å². The first-order valence-corrected chi connectivity index (χ1v) is 5.11. The van der Waals surface area contributed by atoms with Crippen LogP contribution < -0.4 is 0 Å². The molecule has 0 aromatic carbocycles. The molecule has 0 radical (unpaired) electrons. The summed E-state index contributed by atoms with van der Waals surface area (Å²) in [4.78, 5) is 10.2. The minimum absolute atomic E-state index is 0.681. The lowest BCUT2D eigenvalue weighted by Gasteiger charge is -2.10. The second-order valence-corrected chi connectivity index (χ2v) is 4.57. The van der Waals surface area contributed by atoms with Crippen molar-refractivity contribution in [2.45, 2.75) is 10.9 Å². The molecule has 0 spiro atoms. The Kier molecular flexibility index (Phi) is 3.16. The van der Waals surface area contributed by atoms with E-state index in [1.54, 1.807) is 0 Å². The van der Waals surface area contributed by atoms with E-state index in [1.807, 2.05) is 0 Å². The van der Waals surface area contributed by atoms with Crippen molar-refractivity contribution < 1.29 is 22.7 Å². The Morgan fingerprint density at radius 1 is 1.33 bits per heavy atom. The molecule has 0 amide bonds. The van der Waals surface area contributed by atoms with E-state index in [1.165, 1.54) is 23.5 Å². The summed E-state index contributed by atoms with van der Waals surface area (Å²) in [7, 11) is 0. The van der Waals surface area contributed by atoms with Crippen molar-refractivity contribution in [2.24, 2.45) is 0 Å². The van der Waals surface area contributed by atoms with Crippen LogP contribution in [0.25, 0.3) is 0 Å². The third kappa shape index (κ3) is 2.78. The Morgan fingerprint density at radius 3 is 2.25 bits per heavy atom. The van der Waals surface area contributed by atoms with E-state index in [9.17, 15) is 18.0 Å². The minimum atomic E-state index is -4.87. The number of hydrogen-bond donors (Lipinski definition) is 0. The molecule has 0 unspecified atom stereocenters. The van der Waals surface area contributed by atoms with Crippen molar-refractivity contribution in [1.82, 2.24) is 0 Å². The minimum Gasteiger partial charge on any atom is -0.434 e. The van der Waals surface area contributed by atoms with Gasteiger partial charge >= 0.3 is 12.1 Å². The molecular weight excluding hydrogens is 213 g/mol. The fourth-order valence-electron chi connectivity index (χ4n) is 0.559. The molecule has 0 bridgehead atoms. The molecule has 1 heterocycles. The normalized spacial score (nSPS) is 19.6. The largest absolute Gasteiger partial charge is 0.490 e. The molecule has 7 heteroatoms. The quantitative estimate of drug-likeness (QED) is 0.627. The number of ether oxygens (including phenoxy) is 1. The van der Waals surface area contributed by atoms with Crippen molar-refractivity contribution in [3.63, 3.8) is 0 Å². The summed E-state index contributed by atoms with van der Waals surface area (Å²) in [5.74, 6) is -0.657. The summed E-state index contributed by atoms with van der Waals surface area (Å²) >= 11 is 2.41. The average molecular weight is 218 g/mol. The number of halogens is 3. The van der Waals surface area contributed by atoms with E-state index in [2.05, 4.69) is 4.74 Å². The molecular formula is C5H5F3O2S2. The number of alkyl halides is 3. The van der Waals surface area contributed by atoms with Gasteiger partial charge in [0, 0.05) is 11.5 Å². The SMILES string of the molecule is O=C(OC1SCCS1)C(F)(F)F. The highest BCUT2D eigenvalue weighted by Gasteiger charge is 2.42. The predicted octanol–water partition coefficient (Wildman–Crippen LogP) is 1.86. The zero-order valence-electron chi connectivity index (χ0n) is 5.76. The summed E-state index contributed by atoms with van der Waals surface area (Å²) in [6.45, 7) is 0. The third-order valence-corrected chi connectivity index (χ3v) is 3.72. The molecule has 12 heavy (non-hydrogen) atoms. The number of esters is 1. The van der Waals surface area contributed by atoms with Gasteiger partial charge in [0.2, 0.25) is 0 Å². The van der Waals surface area contributed by atoms with Crippen LogP contribution in [-0.2, 0) is 9.53 Å². The van der Waals surface area contributed by atoms with Gasteiger partial charge in [0.25, 0.3) is 0 Å². The second-order valence-electron chi connectivity index (χ2n) is 1.93. The van der Waals surface area contributed by atoms with E-state index < -0.39 is 16.9 Å². The summed E-state index contributed by atoms with van der Waals surface area (Å²) in [6, 6.07) is 0. The molecule has 70 valence electrons. The van der Waals surface area contributed by atoms with Crippen molar-refractivity contribution in [3.05, 3.63) is 0 Å². The molecule has 1 rings (SSSR count). The smallest absolute Gasteiger partial charge is 0.434 e. The van der Waals surface area contributed by atoms with E-state index in [0.717, 1.165) is 11.5 Å². The first kappa shape index (κ1) is 10.0. The van der Waals surface area contributed by atoms with Gasteiger partial charge in [-0.2, -0.15) is 13.2 Å². The zero-order valence-corrected chi connectivity index (χ0v) is 7.39. The van der Waals surface area contributed by atoms with Crippen molar-refractivity contribution in [1.29, 1.82) is 0 Å². The van der Waals surface area contributed by atoms with E-state index in [-0.39, 0.29) is 0 Å². The highest BCUT2D eigenvalue weighted by atomic mass is 32.2. The van der Waals surface area contributed by atoms with E-state index in [4.69, 9.17) is 0 Å². The molecule has 1 saturated heterocycles. The Hall–Kier alpha value is -0.0400. The second kappa shape index (κ2) is 3.78. The number of hydrogen-bond acceptors (Lipinski definition) is 4. The molecule has 0 atom stereocenters. The number of carbonyl (C=O) groups excluding carboxylic acids is 1. The fraction of sp³-hybridized carbons (Fsp3) is 0.800. The van der Waals surface area contributed by atoms with Crippen LogP contribution in [0.15, 0.2) is 0 Å². The monoisotopic (exact) mass is 218 g/mol. The Bertz CT molecular complexity index is 176. The maximum Gasteiger partial charge on any atom is 0.490 e. The highest BCUT2D eigenvalue weighted by Crippen LogP contribution is 2.34. The van der Waals surface area contributed by atoms with Crippen LogP contribution in [0.4, 0.5) is 13.2 Å². The molecule has 0 N–H and O–H groups in total. The summed E-state index contributed by atoms with van der Waals surface area (Å²) in [6.07, 6.45) is -4.87. The standard InChI is InChI=1S/C5H5F3O2S2/c6-5(7,8)3(9)10-4-11-1-2-12-4/h4H,1-2H2. The van der Waals surface area contributed by atoms with E-state index >= 15 is 0 Å². The van der Waals surface area contributed by atoms with Crippen LogP contribution in [0.3, 0.4) is 0 Å². The maximum absolute atomic E-state index is 11.6. The molecule has 1 fully saturated rings. The van der Waals surface area contributed by atoms with Gasteiger partial charge in [-0.1, -0.05) is 0 Å². The van der Waals surface area contributed by atoms with Gasteiger partial charge in [0.15, 0.2) is 4.77 Å². The van der Waals surface area contributed by atoms with Crippen molar-refractivity contribution >= 4 is 29.5 Å². The summed E-state index contributed by atoms with van der Waals surface area (Å²) < 4.78 is 38.3. The maximum atomic E-state index is 11.6. The molecule has 0 saturated carbocycles. The number of carbonyl (C=O) groups is 1. The number of thioether (sulfide) groups is 2. The van der Waals surface area contributed by atoms with Gasteiger partial charge in [0.05, 0.1) is 0 Å². The zero-order chi connectivity index (χ0) is 9.19. The fourth-order valence-corrected chi connectivity index (χ4v) is 2.99. The average Bonchev–Trinajstić information content (AvgIpc) is 2.37. The molecule has 1 aliphatic rings. The first-order chi connectivity index (χ1) is 5.50. The molecule has 2 nitrogen and oxygen atoms in total. The molecule has 0 aromatic heterocycles. The van der Waals surface area contributed by atoms with Gasteiger partial charge < -0.3 is 4.74 Å². The van der Waals surface area contributed by atoms with Crippen LogP contribution in [-0.4, -0.2) is 28.4 Å². The van der Waals surface area contributed by atoms with Gasteiger partial charge in [-0.3, -0.25) is 0 Å². The first-order valence-electron chi connectivity index (χ1n) is 3.01. The van der Waals surface area contributed by atoms with Crippen molar-refractivity contribution in [3.8, 4) is 0 Å². The lowest BCUT2D eigenvalue weighted by atomic mass is 10.7. The Balaban J connectivity index is 2.35. The van der Waals surface area contributed by atoms with Crippen LogP contribution in [0, 0.1) is 0 Å². The third-order valence-electron chi connectivity index (χ3n) is 1.03. The van der Waals surface area contributed by atoms with Crippen LogP contribution >= 0.6 is 23.5 Å². The predicted molar refractivity (Wildman–Crippen MR) is 40.9 cm³/mol. The highest BCUT2D eigenvalue weighted by molar-refractivity contribution is 8.19. The molecule has 0 aliphatic carbocycles. The van der Waals surface area contributed by atoms with Crippen LogP contribution in [0.2, 0.25) is 0 Å². The molecule has 1 aliphatic heterocycles. The Morgan fingerprint density at radius 2 is 1.83 bits per heavy atom. The van der Waals surface area contributed by atoms with E-state index in [0.29, 0.717) is 0 Å². The Labute approximate surface area is 75.2 Å². The van der Waals surface area contributed by atoms with Gasteiger partial charge in [-0.05, 0) is 0 Å². The topological polar surface area (TPSA) is 26.3 Å². The number of rotatable bonds is 1.